The molecule has 2 rings (SSSR count). The number of hydrogen-bond donors (Lipinski definition) is 2. The summed E-state index contributed by atoms with van der Waals surface area (Å²) in [5.41, 5.74) is 0.759. The van der Waals surface area contributed by atoms with E-state index < -0.39 is 22.0 Å². The molecule has 2 N–H and O–H groups in total. The summed E-state index contributed by atoms with van der Waals surface area (Å²) in [6, 6.07) is 7.76. The van der Waals surface area contributed by atoms with Crippen LogP contribution in [-0.4, -0.2) is 46.4 Å². The highest BCUT2D eigenvalue weighted by Crippen LogP contribution is 2.19. The lowest BCUT2D eigenvalue weighted by Crippen LogP contribution is -2.46. The Labute approximate surface area is 135 Å². The van der Waals surface area contributed by atoms with E-state index in [2.05, 4.69) is 9.97 Å². The standard InChI is InChI=1S/C15H19N3O4S/c1-3-18(23(21,22)14-10-16-11(2)17-14)13(15(19)20)9-12-7-5-4-6-8-12/h4-8,10,13H,3,9H2,1-2H3,(H,16,17)(H,19,20). The number of sulfonamides is 1. The topological polar surface area (TPSA) is 103 Å². The first-order valence-electron chi connectivity index (χ1n) is 7.16. The zero-order chi connectivity index (χ0) is 17.0. The van der Waals surface area contributed by atoms with E-state index in [-0.39, 0.29) is 18.0 Å². The van der Waals surface area contributed by atoms with Gasteiger partial charge in [-0.05, 0) is 18.9 Å². The van der Waals surface area contributed by atoms with Crippen LogP contribution in [0, 0.1) is 6.92 Å². The molecule has 1 atom stereocenters. The Kier molecular flexibility index (Phi) is 5.17. The van der Waals surface area contributed by atoms with E-state index in [9.17, 15) is 18.3 Å². The Morgan fingerprint density at radius 2 is 2.00 bits per heavy atom. The van der Waals surface area contributed by atoms with Crippen LogP contribution in [0.2, 0.25) is 0 Å². The third kappa shape index (κ3) is 3.77. The van der Waals surface area contributed by atoms with Crippen LogP contribution in [-0.2, 0) is 21.2 Å². The van der Waals surface area contributed by atoms with Gasteiger partial charge < -0.3 is 10.1 Å². The van der Waals surface area contributed by atoms with Crippen molar-refractivity contribution in [3.05, 3.63) is 47.9 Å². The van der Waals surface area contributed by atoms with Crippen molar-refractivity contribution in [2.45, 2.75) is 31.3 Å². The Morgan fingerprint density at radius 3 is 2.48 bits per heavy atom. The Morgan fingerprint density at radius 1 is 1.35 bits per heavy atom. The molecule has 0 amide bonds. The number of aromatic amines is 1. The third-order valence-electron chi connectivity index (χ3n) is 3.48. The van der Waals surface area contributed by atoms with Crippen LogP contribution in [0.15, 0.2) is 41.6 Å². The van der Waals surface area contributed by atoms with Gasteiger partial charge in [0.25, 0.3) is 10.0 Å². The van der Waals surface area contributed by atoms with Crippen LogP contribution in [0.5, 0.6) is 0 Å². The second-order valence-electron chi connectivity index (χ2n) is 5.08. The van der Waals surface area contributed by atoms with Crippen molar-refractivity contribution in [1.82, 2.24) is 14.3 Å². The number of carboxylic acid groups (broad SMARTS) is 1. The van der Waals surface area contributed by atoms with Crippen LogP contribution >= 0.6 is 0 Å². The molecule has 0 radical (unpaired) electrons. The van der Waals surface area contributed by atoms with Gasteiger partial charge in [-0.2, -0.15) is 4.31 Å². The van der Waals surface area contributed by atoms with Crippen LogP contribution < -0.4 is 0 Å². The van der Waals surface area contributed by atoms with Gasteiger partial charge in [-0.25, -0.2) is 13.4 Å². The molecule has 0 aliphatic carbocycles. The third-order valence-corrected chi connectivity index (χ3v) is 5.38. The van der Waals surface area contributed by atoms with E-state index in [1.54, 1.807) is 38.1 Å². The number of nitrogens with one attached hydrogen (secondary N) is 1. The summed E-state index contributed by atoms with van der Waals surface area (Å²) in [6.45, 7) is 3.29. The van der Waals surface area contributed by atoms with Crippen molar-refractivity contribution in [2.24, 2.45) is 0 Å². The molecular weight excluding hydrogens is 318 g/mol. The van der Waals surface area contributed by atoms with Gasteiger partial charge in [-0.15, -0.1) is 0 Å². The maximum Gasteiger partial charge on any atom is 0.322 e. The number of imidazole rings is 1. The lowest BCUT2D eigenvalue weighted by molar-refractivity contribution is -0.141. The van der Waals surface area contributed by atoms with Gasteiger partial charge in [-0.1, -0.05) is 37.3 Å². The van der Waals surface area contributed by atoms with E-state index in [1.165, 1.54) is 6.20 Å². The Bertz CT molecular complexity index is 771. The van der Waals surface area contributed by atoms with Crippen molar-refractivity contribution in [2.75, 3.05) is 6.54 Å². The summed E-state index contributed by atoms with van der Waals surface area (Å²) < 4.78 is 26.4. The highest BCUT2D eigenvalue weighted by atomic mass is 32.2. The van der Waals surface area contributed by atoms with Crippen molar-refractivity contribution in [1.29, 1.82) is 0 Å². The van der Waals surface area contributed by atoms with Gasteiger partial charge >= 0.3 is 5.97 Å². The number of benzene rings is 1. The first kappa shape index (κ1) is 17.2. The maximum absolute atomic E-state index is 12.7. The summed E-state index contributed by atoms with van der Waals surface area (Å²) in [6.07, 6.45) is 1.30. The molecule has 1 unspecified atom stereocenters. The molecule has 0 fully saturated rings. The number of aliphatic carboxylic acids is 1. The minimum atomic E-state index is -3.96. The fraction of sp³-hybridized carbons (Fsp3) is 0.333. The Balaban J connectivity index is 2.37. The van der Waals surface area contributed by atoms with Crippen LogP contribution in [0.4, 0.5) is 0 Å². The van der Waals surface area contributed by atoms with Gasteiger partial charge in [0.15, 0.2) is 5.03 Å². The molecule has 124 valence electrons. The second kappa shape index (κ2) is 6.93. The summed E-state index contributed by atoms with van der Waals surface area (Å²) in [7, 11) is -3.96. The van der Waals surface area contributed by atoms with Crippen molar-refractivity contribution in [3.63, 3.8) is 0 Å². The first-order chi connectivity index (χ1) is 10.9. The minimum absolute atomic E-state index is 0.0458. The normalized spacial score (nSPS) is 13.2. The Hall–Kier alpha value is -2.19. The van der Waals surface area contributed by atoms with E-state index in [0.29, 0.717) is 5.82 Å². The number of nitrogens with zero attached hydrogens (tertiary/aromatic N) is 2. The molecule has 1 aromatic heterocycles. The summed E-state index contributed by atoms with van der Waals surface area (Å²) in [4.78, 5) is 18.2. The van der Waals surface area contributed by atoms with Crippen molar-refractivity contribution in [3.8, 4) is 0 Å². The number of likely N-dealkylation sites (N-methyl/N-ethyl adjacent to an activating group) is 1. The molecule has 1 aromatic carbocycles. The molecule has 0 aliphatic rings. The van der Waals surface area contributed by atoms with E-state index in [0.717, 1.165) is 9.87 Å². The molecule has 0 saturated carbocycles. The minimum Gasteiger partial charge on any atom is -0.480 e. The highest BCUT2D eigenvalue weighted by molar-refractivity contribution is 7.89. The molecule has 0 spiro atoms. The predicted molar refractivity (Wildman–Crippen MR) is 84.5 cm³/mol. The molecule has 8 heteroatoms. The number of aromatic nitrogens is 2. The lowest BCUT2D eigenvalue weighted by Gasteiger charge is -2.26. The smallest absolute Gasteiger partial charge is 0.322 e. The zero-order valence-corrected chi connectivity index (χ0v) is 13.7. The quantitative estimate of drug-likeness (QED) is 0.795. The second-order valence-corrected chi connectivity index (χ2v) is 6.94. The van der Waals surface area contributed by atoms with Gasteiger partial charge in [0.2, 0.25) is 0 Å². The summed E-state index contributed by atoms with van der Waals surface area (Å²) in [5.74, 6) is -0.731. The van der Waals surface area contributed by atoms with Crippen LogP contribution in [0.1, 0.15) is 18.3 Å². The molecule has 1 heterocycles. The largest absolute Gasteiger partial charge is 0.480 e. The summed E-state index contributed by atoms with van der Waals surface area (Å²) >= 11 is 0. The van der Waals surface area contributed by atoms with Gasteiger partial charge in [-0.3, -0.25) is 4.79 Å². The predicted octanol–water partition coefficient (Wildman–Crippen LogP) is 1.42. The van der Waals surface area contributed by atoms with Crippen LogP contribution in [0.3, 0.4) is 0 Å². The molecule has 7 nitrogen and oxygen atoms in total. The highest BCUT2D eigenvalue weighted by Gasteiger charge is 2.35. The summed E-state index contributed by atoms with van der Waals surface area (Å²) in [5, 5.41) is 9.42. The average molecular weight is 337 g/mol. The van der Waals surface area contributed by atoms with Gasteiger partial charge in [0, 0.05) is 6.54 Å². The fourth-order valence-electron chi connectivity index (χ4n) is 2.36. The van der Waals surface area contributed by atoms with Crippen molar-refractivity contribution >= 4 is 16.0 Å². The van der Waals surface area contributed by atoms with Gasteiger partial charge in [0.05, 0.1) is 6.20 Å². The number of carboxylic acids is 1. The molecular formula is C15H19N3O4S. The number of aryl methyl sites for hydroxylation is 1. The maximum atomic E-state index is 12.7. The average Bonchev–Trinajstić information content (AvgIpc) is 2.95. The van der Waals surface area contributed by atoms with Crippen LogP contribution in [0.25, 0.3) is 0 Å². The molecule has 23 heavy (non-hydrogen) atoms. The lowest BCUT2D eigenvalue weighted by atomic mass is 10.1. The molecule has 2 aromatic rings. The molecule has 0 saturated heterocycles. The molecule has 0 aliphatic heterocycles. The number of H-pyrrole nitrogens is 1. The van der Waals surface area contributed by atoms with E-state index in [4.69, 9.17) is 0 Å². The van der Waals surface area contributed by atoms with Gasteiger partial charge in [0.1, 0.15) is 11.9 Å². The zero-order valence-electron chi connectivity index (χ0n) is 12.9. The van der Waals surface area contributed by atoms with E-state index >= 15 is 0 Å². The number of carbonyl (C=O) groups is 1. The van der Waals surface area contributed by atoms with Crippen molar-refractivity contribution < 1.29 is 18.3 Å². The SMILES string of the molecule is CCN(C(Cc1ccccc1)C(=O)O)S(=O)(=O)c1cnc(C)[nH]1. The number of rotatable bonds is 7. The number of hydrogen-bond acceptors (Lipinski definition) is 4. The van der Waals surface area contributed by atoms with E-state index in [1.807, 2.05) is 6.07 Å². The first-order valence-corrected chi connectivity index (χ1v) is 8.60. The fourth-order valence-corrected chi connectivity index (χ4v) is 3.92. The molecule has 0 bridgehead atoms. The monoisotopic (exact) mass is 337 g/mol.